The van der Waals surface area contributed by atoms with Crippen LogP contribution in [0.25, 0.3) is 5.69 Å². The molecule has 0 bridgehead atoms. The van der Waals surface area contributed by atoms with Crippen LogP contribution in [-0.2, 0) is 0 Å². The number of carboxylic acid groups (broad SMARTS) is 1. The first-order chi connectivity index (χ1) is 8.11. The summed E-state index contributed by atoms with van der Waals surface area (Å²) in [6, 6.07) is 4.65. The average molecular weight is 234 g/mol. The van der Waals surface area contributed by atoms with Crippen molar-refractivity contribution in [2.75, 3.05) is 0 Å². The molecule has 1 aromatic carbocycles. The van der Waals surface area contributed by atoms with E-state index in [2.05, 4.69) is 5.10 Å². The molecular formula is C11H7FN2O3. The van der Waals surface area contributed by atoms with Crippen LogP contribution >= 0.6 is 0 Å². The van der Waals surface area contributed by atoms with Gasteiger partial charge < -0.3 is 5.11 Å². The number of benzene rings is 1. The van der Waals surface area contributed by atoms with Crippen LogP contribution in [0.2, 0.25) is 0 Å². The van der Waals surface area contributed by atoms with Crippen molar-refractivity contribution in [3.8, 4) is 5.69 Å². The number of hydrogen-bond donors (Lipinski definition) is 1. The Kier molecular flexibility index (Phi) is 2.70. The molecule has 0 aliphatic carbocycles. The lowest BCUT2D eigenvalue weighted by atomic mass is 10.2. The maximum atomic E-state index is 13.1. The van der Waals surface area contributed by atoms with E-state index < -0.39 is 11.8 Å². The summed E-state index contributed by atoms with van der Waals surface area (Å²) in [5, 5.41) is 12.8. The van der Waals surface area contributed by atoms with Crippen molar-refractivity contribution in [3.05, 3.63) is 47.5 Å². The maximum Gasteiger partial charge on any atom is 0.337 e. The summed E-state index contributed by atoms with van der Waals surface area (Å²) in [5.41, 5.74) is 0.128. The van der Waals surface area contributed by atoms with E-state index in [1.807, 2.05) is 0 Å². The highest BCUT2D eigenvalue weighted by atomic mass is 19.1. The number of rotatable bonds is 3. The smallest absolute Gasteiger partial charge is 0.337 e. The molecule has 0 spiro atoms. The molecule has 17 heavy (non-hydrogen) atoms. The predicted octanol–water partition coefficient (Wildman–Crippen LogP) is 1.52. The second kappa shape index (κ2) is 4.17. The van der Waals surface area contributed by atoms with E-state index in [-0.39, 0.29) is 16.9 Å². The van der Waals surface area contributed by atoms with Gasteiger partial charge in [-0.15, -0.1) is 0 Å². The van der Waals surface area contributed by atoms with Gasteiger partial charge >= 0.3 is 5.97 Å². The zero-order valence-electron chi connectivity index (χ0n) is 8.50. The molecule has 0 saturated heterocycles. The Morgan fingerprint density at radius 3 is 2.76 bits per heavy atom. The number of carbonyl (C=O) groups excluding carboxylic acids is 1. The van der Waals surface area contributed by atoms with Crippen LogP contribution in [0.4, 0.5) is 4.39 Å². The second-order valence-corrected chi connectivity index (χ2v) is 3.27. The molecule has 5 nitrogen and oxygen atoms in total. The molecule has 1 aromatic heterocycles. The lowest BCUT2D eigenvalue weighted by Gasteiger charge is -2.05. The highest BCUT2D eigenvalue weighted by Crippen LogP contribution is 2.16. The van der Waals surface area contributed by atoms with Crippen molar-refractivity contribution in [1.82, 2.24) is 9.78 Å². The molecule has 0 amide bonds. The van der Waals surface area contributed by atoms with E-state index in [1.54, 1.807) is 0 Å². The van der Waals surface area contributed by atoms with Crippen LogP contribution in [0.5, 0.6) is 0 Å². The molecule has 0 saturated carbocycles. The normalized spacial score (nSPS) is 10.2. The summed E-state index contributed by atoms with van der Waals surface area (Å²) >= 11 is 0. The van der Waals surface area contributed by atoms with E-state index in [0.717, 1.165) is 22.9 Å². The van der Waals surface area contributed by atoms with Crippen molar-refractivity contribution < 1.29 is 19.1 Å². The molecule has 6 heteroatoms. The highest BCUT2D eigenvalue weighted by molar-refractivity contribution is 5.91. The number of aromatic carboxylic acids is 1. The van der Waals surface area contributed by atoms with Gasteiger partial charge in [0, 0.05) is 12.3 Å². The Morgan fingerprint density at radius 2 is 2.18 bits per heavy atom. The molecule has 1 N–H and O–H groups in total. The fourth-order valence-corrected chi connectivity index (χ4v) is 1.41. The molecule has 0 aliphatic rings. The van der Waals surface area contributed by atoms with Gasteiger partial charge in [0.05, 0.1) is 11.3 Å². The number of aromatic nitrogens is 2. The summed E-state index contributed by atoms with van der Waals surface area (Å²) in [6.45, 7) is 0. The fraction of sp³-hybridized carbons (Fsp3) is 0. The average Bonchev–Trinajstić information content (AvgIpc) is 2.76. The molecular weight excluding hydrogens is 227 g/mol. The van der Waals surface area contributed by atoms with Crippen LogP contribution in [-0.4, -0.2) is 27.1 Å². The van der Waals surface area contributed by atoms with Gasteiger partial charge in [-0.05, 0) is 18.2 Å². The molecule has 1 heterocycles. The number of hydrogen-bond acceptors (Lipinski definition) is 3. The highest BCUT2D eigenvalue weighted by Gasteiger charge is 2.13. The Hall–Kier alpha value is -2.50. The summed E-state index contributed by atoms with van der Waals surface area (Å²) in [4.78, 5) is 21.4. The van der Waals surface area contributed by atoms with Gasteiger partial charge in [-0.1, -0.05) is 0 Å². The van der Waals surface area contributed by atoms with Crippen molar-refractivity contribution in [1.29, 1.82) is 0 Å². The van der Waals surface area contributed by atoms with Gasteiger partial charge in [-0.3, -0.25) is 4.79 Å². The number of nitrogens with zero attached hydrogens (tertiary/aromatic N) is 2. The van der Waals surface area contributed by atoms with Crippen molar-refractivity contribution >= 4 is 12.3 Å². The summed E-state index contributed by atoms with van der Waals surface area (Å²) in [5.74, 6) is -1.77. The minimum absolute atomic E-state index is 0.0746. The lowest BCUT2D eigenvalue weighted by molar-refractivity contribution is 0.0696. The van der Waals surface area contributed by atoms with Crippen LogP contribution in [0, 0.1) is 5.82 Å². The van der Waals surface area contributed by atoms with Gasteiger partial charge in [0.1, 0.15) is 11.5 Å². The number of carbonyl (C=O) groups is 2. The Balaban J connectivity index is 2.60. The maximum absolute atomic E-state index is 13.1. The van der Waals surface area contributed by atoms with Crippen LogP contribution < -0.4 is 0 Å². The summed E-state index contributed by atoms with van der Waals surface area (Å²) < 4.78 is 14.2. The minimum Gasteiger partial charge on any atom is -0.478 e. The monoisotopic (exact) mass is 234 g/mol. The number of aldehydes is 1. The Bertz CT molecular complexity index is 592. The van der Waals surface area contributed by atoms with Gasteiger partial charge in [-0.2, -0.15) is 5.10 Å². The Labute approximate surface area is 95.1 Å². The number of halogens is 1. The first-order valence-electron chi connectivity index (χ1n) is 4.66. The van der Waals surface area contributed by atoms with Crippen molar-refractivity contribution in [2.45, 2.75) is 0 Å². The van der Waals surface area contributed by atoms with Crippen molar-refractivity contribution in [3.63, 3.8) is 0 Å². The van der Waals surface area contributed by atoms with Gasteiger partial charge in [0.25, 0.3) is 0 Å². The lowest BCUT2D eigenvalue weighted by Crippen LogP contribution is -2.06. The molecule has 0 atom stereocenters. The second-order valence-electron chi connectivity index (χ2n) is 3.27. The van der Waals surface area contributed by atoms with E-state index in [1.165, 1.54) is 12.3 Å². The van der Waals surface area contributed by atoms with E-state index in [4.69, 9.17) is 5.11 Å². The molecule has 0 unspecified atom stereocenters. The third kappa shape index (κ3) is 2.05. The third-order valence-corrected chi connectivity index (χ3v) is 2.17. The van der Waals surface area contributed by atoms with E-state index >= 15 is 0 Å². The van der Waals surface area contributed by atoms with Crippen molar-refractivity contribution in [2.24, 2.45) is 0 Å². The van der Waals surface area contributed by atoms with Crippen LogP contribution in [0.15, 0.2) is 30.5 Å². The van der Waals surface area contributed by atoms with E-state index in [9.17, 15) is 14.0 Å². The zero-order valence-corrected chi connectivity index (χ0v) is 8.50. The quantitative estimate of drug-likeness (QED) is 0.817. The molecule has 0 fully saturated rings. The summed E-state index contributed by atoms with van der Waals surface area (Å²) in [6.07, 6.45) is 1.92. The third-order valence-electron chi connectivity index (χ3n) is 2.17. The SMILES string of the molecule is O=Cc1ccn(-c2cc(F)ccc2C(=O)O)n1. The molecule has 0 radical (unpaired) electrons. The minimum atomic E-state index is -1.19. The standard InChI is InChI=1S/C11H7FN2O3/c12-7-1-2-9(11(16)17)10(5-7)14-4-3-8(6-15)13-14/h1-6H,(H,16,17). The first kappa shape index (κ1) is 11.0. The molecule has 2 rings (SSSR count). The Morgan fingerprint density at radius 1 is 1.41 bits per heavy atom. The molecule has 86 valence electrons. The fourth-order valence-electron chi connectivity index (χ4n) is 1.41. The molecule has 2 aromatic rings. The van der Waals surface area contributed by atoms with Crippen LogP contribution in [0.1, 0.15) is 20.8 Å². The van der Waals surface area contributed by atoms with Gasteiger partial charge in [0.2, 0.25) is 0 Å². The first-order valence-corrected chi connectivity index (χ1v) is 4.66. The largest absolute Gasteiger partial charge is 0.478 e. The zero-order chi connectivity index (χ0) is 12.4. The topological polar surface area (TPSA) is 72.2 Å². The van der Waals surface area contributed by atoms with Gasteiger partial charge in [0.15, 0.2) is 6.29 Å². The number of carboxylic acids is 1. The van der Waals surface area contributed by atoms with Crippen LogP contribution in [0.3, 0.4) is 0 Å². The van der Waals surface area contributed by atoms with Gasteiger partial charge in [-0.25, -0.2) is 13.9 Å². The predicted molar refractivity (Wildman–Crippen MR) is 55.9 cm³/mol. The summed E-state index contributed by atoms with van der Waals surface area (Å²) in [7, 11) is 0. The molecule has 0 aliphatic heterocycles. The van der Waals surface area contributed by atoms with E-state index in [0.29, 0.717) is 6.29 Å².